The molecule has 0 spiro atoms. The second-order valence-corrected chi connectivity index (χ2v) is 10.3. The van der Waals surface area contributed by atoms with Crippen LogP contribution in [0.1, 0.15) is 49.5 Å². The molecule has 0 unspecified atom stereocenters. The quantitative estimate of drug-likeness (QED) is 0.598. The van der Waals surface area contributed by atoms with Crippen LogP contribution < -0.4 is 14.4 Å². The van der Waals surface area contributed by atoms with Crippen molar-refractivity contribution in [3.8, 4) is 5.75 Å². The molecule has 8 heteroatoms. The van der Waals surface area contributed by atoms with E-state index in [0.29, 0.717) is 24.8 Å². The first kappa shape index (κ1) is 25.1. The minimum absolute atomic E-state index is 0.0526. The van der Waals surface area contributed by atoms with Gasteiger partial charge >= 0.3 is 0 Å². The van der Waals surface area contributed by atoms with E-state index in [1.165, 1.54) is 19.2 Å². The van der Waals surface area contributed by atoms with Gasteiger partial charge in [-0.1, -0.05) is 19.1 Å². The number of ether oxygens (including phenoxy) is 1. The van der Waals surface area contributed by atoms with Crippen LogP contribution >= 0.6 is 0 Å². The van der Waals surface area contributed by atoms with E-state index in [0.717, 1.165) is 37.2 Å². The van der Waals surface area contributed by atoms with Gasteiger partial charge < -0.3 is 14.5 Å². The maximum Gasteiger partial charge on any atom is 0.257 e. The second kappa shape index (κ2) is 11.0. The fourth-order valence-electron chi connectivity index (χ4n) is 4.08. The molecule has 33 heavy (non-hydrogen) atoms. The molecule has 180 valence electrons. The molecule has 2 aromatic rings. The molecule has 2 aromatic carbocycles. The third kappa shape index (κ3) is 6.06. The molecular formula is C25H35N3O4S. The summed E-state index contributed by atoms with van der Waals surface area (Å²) in [5.41, 5.74) is 2.25. The topological polar surface area (TPSA) is 79.0 Å². The van der Waals surface area contributed by atoms with Gasteiger partial charge in [-0.2, -0.15) is 0 Å². The minimum atomic E-state index is -3.80. The van der Waals surface area contributed by atoms with Gasteiger partial charge in [0.05, 0.1) is 17.6 Å². The zero-order chi connectivity index (χ0) is 24.0. The van der Waals surface area contributed by atoms with Gasteiger partial charge in [0.1, 0.15) is 5.75 Å². The summed E-state index contributed by atoms with van der Waals surface area (Å²) >= 11 is 0. The lowest BCUT2D eigenvalue weighted by Crippen LogP contribution is -2.38. The van der Waals surface area contributed by atoms with Crippen molar-refractivity contribution in [2.75, 3.05) is 38.2 Å². The largest absolute Gasteiger partial charge is 0.496 e. The van der Waals surface area contributed by atoms with Gasteiger partial charge in [0, 0.05) is 38.4 Å². The number of likely N-dealkylation sites (tertiary alicyclic amines) is 1. The number of amides is 1. The molecule has 0 aliphatic carbocycles. The summed E-state index contributed by atoms with van der Waals surface area (Å²) in [5, 5.41) is 0. The van der Waals surface area contributed by atoms with E-state index >= 15 is 0 Å². The predicted octanol–water partition coefficient (Wildman–Crippen LogP) is 3.89. The molecule has 7 nitrogen and oxygen atoms in total. The van der Waals surface area contributed by atoms with Crippen molar-refractivity contribution in [1.82, 2.24) is 9.62 Å². The van der Waals surface area contributed by atoms with Crippen LogP contribution in [0, 0.1) is 5.92 Å². The van der Waals surface area contributed by atoms with Crippen molar-refractivity contribution in [2.45, 2.75) is 45.1 Å². The molecule has 1 saturated heterocycles. The molecule has 0 saturated carbocycles. The van der Waals surface area contributed by atoms with Gasteiger partial charge in [0.25, 0.3) is 5.91 Å². The Balaban J connectivity index is 1.75. The smallest absolute Gasteiger partial charge is 0.257 e. The number of nitrogens with one attached hydrogen (secondary N) is 1. The Morgan fingerprint density at radius 2 is 1.73 bits per heavy atom. The summed E-state index contributed by atoms with van der Waals surface area (Å²) in [7, 11) is -2.32. The molecule has 1 aliphatic rings. The van der Waals surface area contributed by atoms with Gasteiger partial charge in [0.15, 0.2) is 0 Å². The Morgan fingerprint density at radius 1 is 1.09 bits per heavy atom. The predicted molar refractivity (Wildman–Crippen MR) is 131 cm³/mol. The fourth-order valence-corrected chi connectivity index (χ4v) is 5.12. The monoisotopic (exact) mass is 473 g/mol. The number of piperidine rings is 1. The average molecular weight is 474 g/mol. The van der Waals surface area contributed by atoms with E-state index in [2.05, 4.69) is 30.4 Å². The van der Waals surface area contributed by atoms with Gasteiger partial charge in [0.2, 0.25) is 10.0 Å². The Labute approximate surface area is 197 Å². The number of carbonyl (C=O) groups excluding carboxylic acids is 1. The molecule has 1 fully saturated rings. The number of benzene rings is 2. The molecule has 1 amide bonds. The lowest BCUT2D eigenvalue weighted by atomic mass is 9.98. The van der Waals surface area contributed by atoms with Crippen molar-refractivity contribution in [3.05, 3.63) is 53.6 Å². The highest BCUT2D eigenvalue weighted by atomic mass is 32.2. The first-order valence-electron chi connectivity index (χ1n) is 11.6. The maximum absolute atomic E-state index is 13.1. The van der Waals surface area contributed by atoms with E-state index in [1.807, 2.05) is 24.3 Å². The van der Waals surface area contributed by atoms with Crippen molar-refractivity contribution in [2.24, 2.45) is 5.92 Å². The van der Waals surface area contributed by atoms with Crippen LogP contribution in [-0.2, 0) is 16.6 Å². The lowest BCUT2D eigenvalue weighted by Gasteiger charge is -2.30. The maximum atomic E-state index is 13.1. The SMILES string of the molecule is CCN(CC)c1ccc(CNS(=O)(=O)c2ccc(OC)c(C(=O)N3CCC(C)CC3)c2)cc1. The second-order valence-electron chi connectivity index (χ2n) is 8.50. The Kier molecular flexibility index (Phi) is 8.37. The van der Waals surface area contributed by atoms with E-state index in [-0.39, 0.29) is 22.9 Å². The number of hydrogen-bond acceptors (Lipinski definition) is 5. The number of rotatable bonds is 9. The van der Waals surface area contributed by atoms with Crippen molar-refractivity contribution >= 4 is 21.6 Å². The van der Waals surface area contributed by atoms with Crippen molar-refractivity contribution < 1.29 is 17.9 Å². The zero-order valence-corrected chi connectivity index (χ0v) is 20.8. The Morgan fingerprint density at radius 3 is 2.30 bits per heavy atom. The van der Waals surface area contributed by atoms with E-state index in [1.54, 1.807) is 11.0 Å². The molecular weight excluding hydrogens is 438 g/mol. The van der Waals surface area contributed by atoms with Crippen LogP contribution in [0.15, 0.2) is 47.4 Å². The average Bonchev–Trinajstić information content (AvgIpc) is 2.84. The van der Waals surface area contributed by atoms with Gasteiger partial charge in [-0.15, -0.1) is 0 Å². The van der Waals surface area contributed by atoms with Crippen LogP contribution in [-0.4, -0.2) is 52.5 Å². The summed E-state index contributed by atoms with van der Waals surface area (Å²) in [4.78, 5) is 17.2. The molecule has 1 heterocycles. The summed E-state index contributed by atoms with van der Waals surface area (Å²) in [6.07, 6.45) is 1.89. The van der Waals surface area contributed by atoms with Crippen LogP contribution in [0.5, 0.6) is 5.75 Å². The Hall–Kier alpha value is -2.58. The highest BCUT2D eigenvalue weighted by molar-refractivity contribution is 7.89. The molecule has 0 aromatic heterocycles. The molecule has 1 aliphatic heterocycles. The van der Waals surface area contributed by atoms with Gasteiger partial charge in [-0.3, -0.25) is 4.79 Å². The molecule has 0 atom stereocenters. The third-order valence-corrected chi connectivity index (χ3v) is 7.71. The number of hydrogen-bond donors (Lipinski definition) is 1. The molecule has 1 N–H and O–H groups in total. The fraction of sp³-hybridized carbons (Fsp3) is 0.480. The highest BCUT2D eigenvalue weighted by Gasteiger charge is 2.26. The standard InChI is InChI=1S/C25H35N3O4S/c1-5-27(6-2)21-9-7-20(8-10-21)18-26-33(30,31)22-11-12-24(32-4)23(17-22)25(29)28-15-13-19(3)14-16-28/h7-12,17,19,26H,5-6,13-16,18H2,1-4H3. The van der Waals surface area contributed by atoms with E-state index in [9.17, 15) is 13.2 Å². The van der Waals surface area contributed by atoms with E-state index in [4.69, 9.17) is 4.74 Å². The van der Waals surface area contributed by atoms with Crippen LogP contribution in [0.2, 0.25) is 0 Å². The number of sulfonamides is 1. The lowest BCUT2D eigenvalue weighted by molar-refractivity contribution is 0.0693. The number of nitrogens with zero attached hydrogens (tertiary/aromatic N) is 2. The molecule has 0 radical (unpaired) electrons. The van der Waals surface area contributed by atoms with Crippen molar-refractivity contribution in [3.63, 3.8) is 0 Å². The number of anilines is 1. The summed E-state index contributed by atoms with van der Waals surface area (Å²) in [5.74, 6) is 0.778. The number of methoxy groups -OCH3 is 1. The van der Waals surface area contributed by atoms with Crippen LogP contribution in [0.4, 0.5) is 5.69 Å². The number of carbonyl (C=O) groups is 1. The van der Waals surface area contributed by atoms with Gasteiger partial charge in [-0.25, -0.2) is 13.1 Å². The van der Waals surface area contributed by atoms with Crippen LogP contribution in [0.3, 0.4) is 0 Å². The summed E-state index contributed by atoms with van der Waals surface area (Å²) in [6.45, 7) is 9.72. The van der Waals surface area contributed by atoms with Gasteiger partial charge in [-0.05, 0) is 68.5 Å². The minimum Gasteiger partial charge on any atom is -0.496 e. The highest BCUT2D eigenvalue weighted by Crippen LogP contribution is 2.26. The molecule has 3 rings (SSSR count). The van der Waals surface area contributed by atoms with Crippen molar-refractivity contribution in [1.29, 1.82) is 0 Å². The summed E-state index contributed by atoms with van der Waals surface area (Å²) in [6, 6.07) is 12.3. The normalized spacial score (nSPS) is 14.8. The third-order valence-electron chi connectivity index (χ3n) is 6.31. The first-order chi connectivity index (χ1) is 15.8. The zero-order valence-electron chi connectivity index (χ0n) is 20.0. The Bertz CT molecular complexity index is 1040. The van der Waals surface area contributed by atoms with E-state index < -0.39 is 10.0 Å². The summed E-state index contributed by atoms with van der Waals surface area (Å²) < 4.78 is 34.0. The van der Waals surface area contributed by atoms with Crippen LogP contribution in [0.25, 0.3) is 0 Å². The molecule has 0 bridgehead atoms. The first-order valence-corrected chi connectivity index (χ1v) is 13.1.